The molecule has 0 spiro atoms. The molecule has 0 unspecified atom stereocenters. The Bertz CT molecular complexity index is 549. The molecule has 2 heterocycles. The van der Waals surface area contributed by atoms with E-state index in [-0.39, 0.29) is 0 Å². The van der Waals surface area contributed by atoms with Crippen LogP contribution in [0.4, 0.5) is 5.95 Å². The van der Waals surface area contributed by atoms with E-state index >= 15 is 0 Å². The maximum atomic E-state index is 5.43. The summed E-state index contributed by atoms with van der Waals surface area (Å²) >= 11 is 0. The average molecular weight is 263 g/mol. The summed E-state index contributed by atoms with van der Waals surface area (Å²) in [5.41, 5.74) is 0. The fraction of sp³-hybridized carbons (Fsp3) is 0.727. The van der Waals surface area contributed by atoms with E-state index in [1.165, 1.54) is 0 Å². The van der Waals surface area contributed by atoms with Crippen molar-refractivity contribution in [3.05, 3.63) is 11.8 Å². The van der Waals surface area contributed by atoms with E-state index in [1.807, 2.05) is 14.0 Å². The third-order valence-electron chi connectivity index (χ3n) is 3.53. The number of aryl methyl sites for hydroxylation is 2. The molecule has 0 aromatic carbocycles. The number of nitrogens with one attached hydrogen (secondary N) is 1. The van der Waals surface area contributed by atoms with Gasteiger partial charge in [-0.2, -0.15) is 0 Å². The van der Waals surface area contributed by atoms with Gasteiger partial charge in [-0.3, -0.25) is 0 Å². The molecular weight excluding hydrogens is 246 g/mol. The SMILES string of the molecule is Cc1nnc(C[C@@H]2CC[C@H](Nc3nnnn3C)C2)o1. The lowest BCUT2D eigenvalue weighted by Crippen LogP contribution is -2.18. The van der Waals surface area contributed by atoms with E-state index in [1.54, 1.807) is 4.68 Å². The van der Waals surface area contributed by atoms with Crippen LogP contribution < -0.4 is 5.32 Å². The zero-order valence-electron chi connectivity index (χ0n) is 11.1. The Hall–Kier alpha value is -1.99. The summed E-state index contributed by atoms with van der Waals surface area (Å²) in [6.45, 7) is 1.82. The van der Waals surface area contributed by atoms with Gasteiger partial charge in [-0.05, 0) is 35.6 Å². The Labute approximate surface area is 110 Å². The van der Waals surface area contributed by atoms with Crippen LogP contribution in [0.5, 0.6) is 0 Å². The van der Waals surface area contributed by atoms with Gasteiger partial charge in [0.15, 0.2) is 0 Å². The van der Waals surface area contributed by atoms with Crippen molar-refractivity contribution in [1.29, 1.82) is 0 Å². The average Bonchev–Trinajstić information content (AvgIpc) is 3.06. The van der Waals surface area contributed by atoms with Crippen LogP contribution in [0.25, 0.3) is 0 Å². The molecule has 2 aromatic rings. The zero-order chi connectivity index (χ0) is 13.2. The molecule has 0 aliphatic heterocycles. The lowest BCUT2D eigenvalue weighted by Gasteiger charge is -2.12. The second kappa shape index (κ2) is 4.94. The first-order valence-electron chi connectivity index (χ1n) is 6.48. The van der Waals surface area contributed by atoms with Gasteiger partial charge in [-0.1, -0.05) is 5.10 Å². The molecule has 3 rings (SSSR count). The van der Waals surface area contributed by atoms with Crippen LogP contribution in [0.3, 0.4) is 0 Å². The molecule has 1 fully saturated rings. The maximum Gasteiger partial charge on any atom is 0.242 e. The summed E-state index contributed by atoms with van der Waals surface area (Å²) in [4.78, 5) is 0. The molecule has 8 nitrogen and oxygen atoms in total. The monoisotopic (exact) mass is 263 g/mol. The van der Waals surface area contributed by atoms with Crippen molar-refractivity contribution in [3.8, 4) is 0 Å². The van der Waals surface area contributed by atoms with Crippen molar-refractivity contribution in [3.63, 3.8) is 0 Å². The minimum atomic E-state index is 0.415. The highest BCUT2D eigenvalue weighted by Gasteiger charge is 2.27. The molecule has 2 aromatic heterocycles. The third-order valence-corrected chi connectivity index (χ3v) is 3.53. The smallest absolute Gasteiger partial charge is 0.242 e. The Morgan fingerprint density at radius 3 is 2.89 bits per heavy atom. The van der Waals surface area contributed by atoms with Gasteiger partial charge in [-0.25, -0.2) is 4.68 Å². The highest BCUT2D eigenvalue weighted by atomic mass is 16.4. The molecule has 0 saturated heterocycles. The van der Waals surface area contributed by atoms with Crippen LogP contribution >= 0.6 is 0 Å². The predicted molar refractivity (Wildman–Crippen MR) is 66.3 cm³/mol. The van der Waals surface area contributed by atoms with Crippen LogP contribution in [-0.2, 0) is 13.5 Å². The summed E-state index contributed by atoms with van der Waals surface area (Å²) in [6, 6.07) is 0.415. The van der Waals surface area contributed by atoms with Gasteiger partial charge in [0, 0.05) is 26.4 Å². The largest absolute Gasteiger partial charge is 0.426 e. The second-order valence-corrected chi connectivity index (χ2v) is 5.07. The fourth-order valence-electron chi connectivity index (χ4n) is 2.59. The van der Waals surface area contributed by atoms with Gasteiger partial charge in [0.25, 0.3) is 0 Å². The summed E-state index contributed by atoms with van der Waals surface area (Å²) in [6.07, 6.45) is 4.21. The fourth-order valence-corrected chi connectivity index (χ4v) is 2.59. The summed E-state index contributed by atoms with van der Waals surface area (Å²) in [5.74, 6) is 2.68. The third kappa shape index (κ3) is 2.72. The number of hydrogen-bond donors (Lipinski definition) is 1. The van der Waals surface area contributed by atoms with Crippen LogP contribution in [0.15, 0.2) is 4.42 Å². The first-order valence-corrected chi connectivity index (χ1v) is 6.48. The standard InChI is InChI=1S/C11H17N7O/c1-7-13-14-10(19-7)6-8-3-4-9(5-8)12-11-15-16-17-18(11)2/h8-9H,3-6H2,1-2H3,(H,12,15,17)/t8-,9+/m1/s1. The molecule has 1 saturated carbocycles. The lowest BCUT2D eigenvalue weighted by molar-refractivity contribution is 0.416. The number of hydrogen-bond acceptors (Lipinski definition) is 7. The van der Waals surface area contributed by atoms with E-state index in [4.69, 9.17) is 4.42 Å². The second-order valence-electron chi connectivity index (χ2n) is 5.07. The Morgan fingerprint density at radius 2 is 2.21 bits per heavy atom. The van der Waals surface area contributed by atoms with Gasteiger partial charge in [0.2, 0.25) is 17.7 Å². The zero-order valence-corrected chi connectivity index (χ0v) is 11.1. The summed E-state index contributed by atoms with van der Waals surface area (Å²) in [7, 11) is 1.83. The van der Waals surface area contributed by atoms with Crippen molar-refractivity contribution >= 4 is 5.95 Å². The minimum absolute atomic E-state index is 0.415. The lowest BCUT2D eigenvalue weighted by atomic mass is 10.0. The van der Waals surface area contributed by atoms with Gasteiger partial charge >= 0.3 is 0 Å². The molecule has 8 heteroatoms. The van der Waals surface area contributed by atoms with Crippen LogP contribution in [0.2, 0.25) is 0 Å². The van der Waals surface area contributed by atoms with E-state index in [0.717, 1.165) is 37.5 Å². The van der Waals surface area contributed by atoms with E-state index in [0.29, 0.717) is 17.9 Å². The Balaban J connectivity index is 1.54. The topological polar surface area (TPSA) is 94.5 Å². The maximum absolute atomic E-state index is 5.43. The Morgan fingerprint density at radius 1 is 1.32 bits per heavy atom. The van der Waals surface area contributed by atoms with Crippen LogP contribution in [0.1, 0.15) is 31.0 Å². The van der Waals surface area contributed by atoms with Gasteiger partial charge in [0.1, 0.15) is 0 Å². The van der Waals surface area contributed by atoms with Crippen molar-refractivity contribution in [2.75, 3.05) is 5.32 Å². The number of anilines is 1. The molecule has 1 N–H and O–H groups in total. The van der Waals surface area contributed by atoms with Crippen molar-refractivity contribution in [2.45, 2.75) is 38.6 Å². The summed E-state index contributed by atoms with van der Waals surface area (Å²) in [5, 5.41) is 22.6. The molecule has 102 valence electrons. The van der Waals surface area contributed by atoms with E-state index in [2.05, 4.69) is 31.0 Å². The summed E-state index contributed by atoms with van der Waals surface area (Å²) < 4.78 is 7.07. The predicted octanol–water partition coefficient (Wildman–Crippen LogP) is 0.725. The van der Waals surface area contributed by atoms with Gasteiger partial charge in [-0.15, -0.1) is 10.2 Å². The normalized spacial score (nSPS) is 22.8. The molecule has 0 radical (unpaired) electrons. The van der Waals surface area contributed by atoms with Gasteiger partial charge in [0.05, 0.1) is 0 Å². The van der Waals surface area contributed by atoms with Crippen molar-refractivity contribution < 1.29 is 4.42 Å². The first kappa shape index (κ1) is 12.1. The van der Waals surface area contributed by atoms with Crippen molar-refractivity contribution in [1.82, 2.24) is 30.4 Å². The minimum Gasteiger partial charge on any atom is -0.426 e. The highest BCUT2D eigenvalue weighted by molar-refractivity contribution is 5.23. The highest BCUT2D eigenvalue weighted by Crippen LogP contribution is 2.29. The molecule has 2 atom stereocenters. The molecule has 0 amide bonds. The number of tetrazole rings is 1. The number of rotatable bonds is 4. The molecule has 1 aliphatic carbocycles. The number of nitrogens with zero attached hydrogens (tertiary/aromatic N) is 6. The van der Waals surface area contributed by atoms with E-state index in [9.17, 15) is 0 Å². The molecular formula is C11H17N7O. The van der Waals surface area contributed by atoms with E-state index < -0.39 is 0 Å². The van der Waals surface area contributed by atoms with Gasteiger partial charge < -0.3 is 9.73 Å². The molecule has 19 heavy (non-hydrogen) atoms. The quantitative estimate of drug-likeness (QED) is 0.868. The molecule has 0 bridgehead atoms. The Kier molecular flexibility index (Phi) is 3.14. The molecule has 1 aliphatic rings. The van der Waals surface area contributed by atoms with Crippen LogP contribution in [0, 0.1) is 12.8 Å². The van der Waals surface area contributed by atoms with Crippen LogP contribution in [-0.4, -0.2) is 36.4 Å². The number of aromatic nitrogens is 6. The first-order chi connectivity index (χ1) is 9.20. The van der Waals surface area contributed by atoms with Crippen molar-refractivity contribution in [2.24, 2.45) is 13.0 Å².